The van der Waals surface area contributed by atoms with Gasteiger partial charge in [0.25, 0.3) is 10.1 Å². The highest BCUT2D eigenvalue weighted by molar-refractivity contribution is 7.85. The zero-order valence-electron chi connectivity index (χ0n) is 13.1. The molecule has 0 aromatic heterocycles. The van der Waals surface area contributed by atoms with Crippen LogP contribution < -0.4 is 11.1 Å². The molecule has 4 rings (SSSR count). The Morgan fingerprint density at radius 2 is 1.91 bits per heavy atom. The Balaban J connectivity index is 1.65. The summed E-state index contributed by atoms with van der Waals surface area (Å²) in [6.45, 7) is 0.516. The van der Waals surface area contributed by atoms with Gasteiger partial charge in [-0.15, -0.1) is 0 Å². The molecule has 0 radical (unpaired) electrons. The van der Waals surface area contributed by atoms with Gasteiger partial charge in [0.05, 0.1) is 5.75 Å². The second kappa shape index (κ2) is 6.31. The van der Waals surface area contributed by atoms with Crippen LogP contribution in [0.4, 0.5) is 0 Å². The molecule has 0 aromatic carbocycles. The molecule has 0 heterocycles. The van der Waals surface area contributed by atoms with E-state index in [1.54, 1.807) is 0 Å². The number of rotatable bonds is 7. The molecule has 8 heteroatoms. The maximum absolute atomic E-state index is 11.4. The van der Waals surface area contributed by atoms with E-state index in [4.69, 9.17) is 10.3 Å². The average molecular weight is 346 g/mol. The smallest absolute Gasteiger partial charge is 0.320 e. The van der Waals surface area contributed by atoms with Crippen LogP contribution in [0.25, 0.3) is 0 Å². The Bertz CT molecular complexity index is 566. The second-order valence-corrected chi connectivity index (χ2v) is 9.13. The molecule has 7 nitrogen and oxygen atoms in total. The van der Waals surface area contributed by atoms with Crippen LogP contribution in [0.5, 0.6) is 0 Å². The lowest BCUT2D eigenvalue weighted by molar-refractivity contribution is -0.146. The van der Waals surface area contributed by atoms with Crippen LogP contribution in [0.15, 0.2) is 0 Å². The number of aliphatic carboxylic acids is 1. The van der Waals surface area contributed by atoms with Crippen LogP contribution in [-0.4, -0.2) is 48.4 Å². The van der Waals surface area contributed by atoms with Gasteiger partial charge in [0.2, 0.25) is 0 Å². The van der Waals surface area contributed by atoms with Crippen molar-refractivity contribution in [3.8, 4) is 0 Å². The minimum absolute atomic E-state index is 0.0133. The summed E-state index contributed by atoms with van der Waals surface area (Å²) in [6.07, 6.45) is 4.69. The number of hydrogen-bond acceptors (Lipinski definition) is 5. The summed E-state index contributed by atoms with van der Waals surface area (Å²) in [5.74, 6) is 0.762. The van der Waals surface area contributed by atoms with Gasteiger partial charge in [-0.2, -0.15) is 8.42 Å². The molecule has 23 heavy (non-hydrogen) atoms. The Kier molecular flexibility index (Phi) is 4.70. The molecule has 4 fully saturated rings. The van der Waals surface area contributed by atoms with Gasteiger partial charge in [0.15, 0.2) is 0 Å². The van der Waals surface area contributed by atoms with Crippen LogP contribution in [0.1, 0.15) is 32.1 Å². The van der Waals surface area contributed by atoms with Crippen molar-refractivity contribution in [2.45, 2.75) is 44.2 Å². The van der Waals surface area contributed by atoms with E-state index < -0.39 is 22.1 Å². The summed E-state index contributed by atoms with van der Waals surface area (Å²) in [6, 6.07) is -0.591. The Hall–Kier alpha value is -0.700. The topological polar surface area (TPSA) is 130 Å². The third-order valence-electron chi connectivity index (χ3n) is 6.15. The zero-order chi connectivity index (χ0) is 16.8. The fourth-order valence-corrected chi connectivity index (χ4v) is 6.04. The van der Waals surface area contributed by atoms with Gasteiger partial charge in [0.1, 0.15) is 6.04 Å². The minimum Gasteiger partial charge on any atom is -0.480 e. The number of hydrogen-bond donors (Lipinski definition) is 4. The number of carboxylic acid groups (broad SMARTS) is 1. The van der Waals surface area contributed by atoms with Gasteiger partial charge in [-0.3, -0.25) is 9.35 Å². The van der Waals surface area contributed by atoms with Gasteiger partial charge >= 0.3 is 5.97 Å². The lowest BCUT2D eigenvalue weighted by atomic mass is 9.48. The number of nitrogens with two attached hydrogens (primary N) is 1. The third kappa shape index (κ3) is 3.55. The SMILES string of the molecule is N[C@H](C(=O)O)C1C2CC3CC(C2)C(NCCCS(=O)(=O)O)C1C3. The second-order valence-electron chi connectivity index (χ2n) is 7.55. The molecule has 0 spiro atoms. The Labute approximate surface area is 136 Å². The average Bonchev–Trinajstić information content (AvgIpc) is 2.43. The van der Waals surface area contributed by atoms with Crippen LogP contribution in [0.2, 0.25) is 0 Å². The van der Waals surface area contributed by atoms with E-state index in [1.807, 2.05) is 0 Å². The third-order valence-corrected chi connectivity index (χ3v) is 6.95. The van der Waals surface area contributed by atoms with Gasteiger partial charge in [-0.1, -0.05) is 0 Å². The lowest BCUT2D eigenvalue weighted by Gasteiger charge is -2.59. The van der Waals surface area contributed by atoms with E-state index in [9.17, 15) is 18.3 Å². The molecule has 0 saturated heterocycles. The predicted molar refractivity (Wildman–Crippen MR) is 84.4 cm³/mol. The van der Waals surface area contributed by atoms with Crippen molar-refractivity contribution in [2.24, 2.45) is 35.3 Å². The predicted octanol–water partition coefficient (Wildman–Crippen LogP) is 0.317. The van der Waals surface area contributed by atoms with Crippen molar-refractivity contribution in [3.05, 3.63) is 0 Å². The molecule has 0 aromatic rings. The first-order chi connectivity index (χ1) is 10.8. The molecule has 6 unspecified atom stereocenters. The van der Waals surface area contributed by atoms with E-state index >= 15 is 0 Å². The van der Waals surface area contributed by atoms with Gasteiger partial charge in [-0.05, 0) is 68.2 Å². The molecule has 4 saturated carbocycles. The standard InChI is InChI=1S/C15H26N2O5S/c16-13(15(18)19)12-9-4-8-5-10(7-9)14(11(12)6-8)17-2-1-3-23(20,21)22/h8-14,17H,1-7,16H2,(H,18,19)(H,20,21,22)/t8?,9?,10?,11?,12?,13-,14?/m0/s1. The van der Waals surface area contributed by atoms with Gasteiger partial charge in [0, 0.05) is 6.04 Å². The van der Waals surface area contributed by atoms with Crippen molar-refractivity contribution in [2.75, 3.05) is 12.3 Å². The molecule has 5 N–H and O–H groups in total. The summed E-state index contributed by atoms with van der Waals surface area (Å²) in [7, 11) is -3.92. The number of carboxylic acids is 1. The summed E-state index contributed by atoms with van der Waals surface area (Å²) in [5.41, 5.74) is 5.98. The van der Waals surface area contributed by atoms with E-state index in [0.29, 0.717) is 30.7 Å². The fraction of sp³-hybridized carbons (Fsp3) is 0.933. The molecule has 0 amide bonds. The van der Waals surface area contributed by atoms with Gasteiger partial charge in [-0.25, -0.2) is 0 Å². The summed E-state index contributed by atoms with van der Waals surface area (Å²) in [5, 5.41) is 12.8. The number of nitrogens with one attached hydrogen (secondary N) is 1. The van der Waals surface area contributed by atoms with Crippen molar-refractivity contribution in [1.82, 2.24) is 5.32 Å². The monoisotopic (exact) mass is 346 g/mol. The molecular formula is C15H26N2O5S. The summed E-state index contributed by atoms with van der Waals surface area (Å²) >= 11 is 0. The van der Waals surface area contributed by atoms with Crippen molar-refractivity contribution < 1.29 is 22.9 Å². The summed E-state index contributed by atoms with van der Waals surface area (Å²) in [4.78, 5) is 11.4. The maximum Gasteiger partial charge on any atom is 0.320 e. The molecule has 0 aliphatic heterocycles. The van der Waals surface area contributed by atoms with Crippen LogP contribution in [0.3, 0.4) is 0 Å². The molecular weight excluding hydrogens is 320 g/mol. The first-order valence-electron chi connectivity index (χ1n) is 8.43. The molecule has 4 aliphatic rings. The minimum atomic E-state index is -3.92. The first-order valence-corrected chi connectivity index (χ1v) is 10.0. The van der Waals surface area contributed by atoms with Crippen LogP contribution >= 0.6 is 0 Å². The van der Waals surface area contributed by atoms with E-state index in [1.165, 1.54) is 6.42 Å². The normalized spacial score (nSPS) is 40.3. The van der Waals surface area contributed by atoms with E-state index in [0.717, 1.165) is 19.3 Å². The molecule has 4 bridgehead atoms. The van der Waals surface area contributed by atoms with Crippen LogP contribution in [0, 0.1) is 29.6 Å². The highest BCUT2D eigenvalue weighted by atomic mass is 32.2. The first kappa shape index (κ1) is 17.1. The van der Waals surface area contributed by atoms with E-state index in [-0.39, 0.29) is 23.6 Å². The number of carbonyl (C=O) groups is 1. The Morgan fingerprint density at radius 3 is 2.57 bits per heavy atom. The largest absolute Gasteiger partial charge is 0.480 e. The Morgan fingerprint density at radius 1 is 1.22 bits per heavy atom. The maximum atomic E-state index is 11.4. The molecule has 7 atom stereocenters. The van der Waals surface area contributed by atoms with Crippen molar-refractivity contribution in [1.29, 1.82) is 0 Å². The van der Waals surface area contributed by atoms with Crippen molar-refractivity contribution in [3.63, 3.8) is 0 Å². The quantitative estimate of drug-likeness (QED) is 0.386. The highest BCUT2D eigenvalue weighted by Gasteiger charge is 2.55. The van der Waals surface area contributed by atoms with Crippen molar-refractivity contribution >= 4 is 16.1 Å². The lowest BCUT2D eigenvalue weighted by Crippen LogP contribution is -2.63. The van der Waals surface area contributed by atoms with E-state index in [2.05, 4.69) is 5.32 Å². The highest BCUT2D eigenvalue weighted by Crippen LogP contribution is 2.57. The molecule has 4 aliphatic carbocycles. The molecule has 132 valence electrons. The fourth-order valence-electron chi connectivity index (χ4n) is 5.53. The zero-order valence-corrected chi connectivity index (χ0v) is 13.9. The van der Waals surface area contributed by atoms with Crippen LogP contribution in [-0.2, 0) is 14.9 Å². The van der Waals surface area contributed by atoms with Gasteiger partial charge < -0.3 is 16.2 Å². The summed E-state index contributed by atoms with van der Waals surface area (Å²) < 4.78 is 30.4.